The summed E-state index contributed by atoms with van der Waals surface area (Å²) < 4.78 is 45.0. The number of ether oxygens (including phenoxy) is 1. The van der Waals surface area contributed by atoms with Crippen molar-refractivity contribution in [3.8, 4) is 5.75 Å². The van der Waals surface area contributed by atoms with Crippen molar-refractivity contribution in [1.29, 1.82) is 0 Å². The summed E-state index contributed by atoms with van der Waals surface area (Å²) in [6, 6.07) is 11.9. The van der Waals surface area contributed by atoms with Crippen molar-refractivity contribution in [2.45, 2.75) is 0 Å². The van der Waals surface area contributed by atoms with Gasteiger partial charge in [-0.15, -0.1) is 0 Å². The van der Waals surface area contributed by atoms with Gasteiger partial charge in [0.2, 0.25) is 0 Å². The first-order valence-corrected chi connectivity index (χ1v) is 7.80. The summed E-state index contributed by atoms with van der Waals surface area (Å²) in [6.45, 7) is 0. The Morgan fingerprint density at radius 1 is 1.00 bits per heavy atom. The fourth-order valence-electron chi connectivity index (χ4n) is 2.29. The van der Waals surface area contributed by atoms with E-state index in [-0.39, 0.29) is 5.69 Å². The molecule has 0 atom stereocenters. The molecule has 0 saturated carbocycles. The number of amides is 1. The fraction of sp³-hybridized carbons (Fsp3) is 0.0526. The standard InChI is InChI=1S/C19H14F3N3O2/c1-27-13-4-2-3-11(9-13)24-16-8-5-12(10-23-16)25-19(26)14-6-7-15(20)18(22)17(14)21/h2-10H,1H3,(H,23,24)(H,25,26). The van der Waals surface area contributed by atoms with E-state index in [1.54, 1.807) is 25.3 Å². The maximum absolute atomic E-state index is 13.7. The Morgan fingerprint density at radius 2 is 1.81 bits per heavy atom. The lowest BCUT2D eigenvalue weighted by Crippen LogP contribution is -2.15. The maximum Gasteiger partial charge on any atom is 0.258 e. The topological polar surface area (TPSA) is 63.2 Å². The van der Waals surface area contributed by atoms with E-state index >= 15 is 0 Å². The number of methoxy groups -OCH3 is 1. The van der Waals surface area contributed by atoms with Gasteiger partial charge in [0.05, 0.1) is 24.6 Å². The molecule has 0 bridgehead atoms. The Kier molecular flexibility index (Phi) is 5.25. The quantitative estimate of drug-likeness (QED) is 0.647. The molecule has 27 heavy (non-hydrogen) atoms. The van der Waals surface area contributed by atoms with Crippen LogP contribution in [0.5, 0.6) is 5.75 Å². The van der Waals surface area contributed by atoms with Crippen LogP contribution in [0.25, 0.3) is 0 Å². The number of aromatic nitrogens is 1. The van der Waals surface area contributed by atoms with Gasteiger partial charge in [0.1, 0.15) is 11.6 Å². The van der Waals surface area contributed by atoms with E-state index in [1.807, 2.05) is 12.1 Å². The first-order chi connectivity index (χ1) is 13.0. The first-order valence-electron chi connectivity index (χ1n) is 7.80. The molecule has 0 aliphatic rings. The van der Waals surface area contributed by atoms with Gasteiger partial charge in [0, 0.05) is 11.8 Å². The molecule has 2 aromatic carbocycles. The van der Waals surface area contributed by atoms with Crippen LogP contribution in [0.15, 0.2) is 54.7 Å². The lowest BCUT2D eigenvalue weighted by Gasteiger charge is -2.09. The molecule has 3 rings (SSSR count). The van der Waals surface area contributed by atoms with E-state index in [9.17, 15) is 18.0 Å². The van der Waals surface area contributed by atoms with Crippen molar-refractivity contribution in [3.63, 3.8) is 0 Å². The van der Waals surface area contributed by atoms with Crippen LogP contribution in [0.3, 0.4) is 0 Å². The largest absolute Gasteiger partial charge is 0.497 e. The van der Waals surface area contributed by atoms with Gasteiger partial charge in [-0.05, 0) is 36.4 Å². The Balaban J connectivity index is 1.70. The monoisotopic (exact) mass is 373 g/mol. The molecule has 3 aromatic rings. The van der Waals surface area contributed by atoms with Crippen molar-refractivity contribution in [2.24, 2.45) is 0 Å². The van der Waals surface area contributed by atoms with E-state index in [0.717, 1.165) is 11.8 Å². The number of halogens is 3. The minimum atomic E-state index is -1.70. The summed E-state index contributed by atoms with van der Waals surface area (Å²) >= 11 is 0. The van der Waals surface area contributed by atoms with Crippen molar-refractivity contribution in [1.82, 2.24) is 4.98 Å². The molecule has 0 unspecified atom stereocenters. The molecule has 8 heteroatoms. The first kappa shape index (κ1) is 18.2. The Hall–Kier alpha value is -3.55. The van der Waals surface area contributed by atoms with Crippen molar-refractivity contribution in [2.75, 3.05) is 17.7 Å². The van der Waals surface area contributed by atoms with Crippen LogP contribution in [-0.2, 0) is 0 Å². The van der Waals surface area contributed by atoms with E-state index in [1.165, 1.54) is 12.3 Å². The molecule has 5 nitrogen and oxygen atoms in total. The van der Waals surface area contributed by atoms with Crippen LogP contribution in [0.2, 0.25) is 0 Å². The predicted molar refractivity (Wildman–Crippen MR) is 94.8 cm³/mol. The average molecular weight is 373 g/mol. The second kappa shape index (κ2) is 7.77. The Morgan fingerprint density at radius 3 is 2.52 bits per heavy atom. The van der Waals surface area contributed by atoms with Gasteiger partial charge in [-0.2, -0.15) is 0 Å². The second-order valence-corrected chi connectivity index (χ2v) is 5.47. The number of nitrogens with zero attached hydrogens (tertiary/aromatic N) is 1. The van der Waals surface area contributed by atoms with Crippen LogP contribution >= 0.6 is 0 Å². The molecule has 1 amide bonds. The third kappa shape index (κ3) is 4.17. The third-order valence-corrected chi connectivity index (χ3v) is 3.64. The zero-order valence-electron chi connectivity index (χ0n) is 14.1. The van der Waals surface area contributed by atoms with Crippen LogP contribution in [0.1, 0.15) is 10.4 Å². The summed E-state index contributed by atoms with van der Waals surface area (Å²) in [7, 11) is 1.56. The summed E-state index contributed by atoms with van der Waals surface area (Å²) in [4.78, 5) is 16.2. The number of anilines is 3. The van der Waals surface area contributed by atoms with E-state index in [4.69, 9.17) is 4.74 Å². The van der Waals surface area contributed by atoms with Crippen LogP contribution < -0.4 is 15.4 Å². The van der Waals surface area contributed by atoms with Gasteiger partial charge in [-0.1, -0.05) is 6.07 Å². The molecule has 0 aliphatic carbocycles. The highest BCUT2D eigenvalue weighted by atomic mass is 19.2. The molecule has 138 valence electrons. The van der Waals surface area contributed by atoms with Gasteiger partial charge in [-0.3, -0.25) is 4.79 Å². The SMILES string of the molecule is COc1cccc(Nc2ccc(NC(=O)c3ccc(F)c(F)c3F)cn2)c1. The number of carbonyl (C=O) groups is 1. The summed E-state index contributed by atoms with van der Waals surface area (Å²) in [5.41, 5.74) is 0.412. The molecule has 0 fully saturated rings. The maximum atomic E-state index is 13.7. The predicted octanol–water partition coefficient (Wildman–Crippen LogP) is 4.50. The smallest absolute Gasteiger partial charge is 0.258 e. The number of hydrogen-bond acceptors (Lipinski definition) is 4. The number of pyridine rings is 1. The average Bonchev–Trinajstić information content (AvgIpc) is 2.68. The fourth-order valence-corrected chi connectivity index (χ4v) is 2.29. The summed E-state index contributed by atoms with van der Waals surface area (Å²) in [5.74, 6) is -4.34. The number of nitrogens with one attached hydrogen (secondary N) is 2. The highest BCUT2D eigenvalue weighted by Gasteiger charge is 2.18. The van der Waals surface area contributed by atoms with Gasteiger partial charge >= 0.3 is 0 Å². The van der Waals surface area contributed by atoms with Crippen LogP contribution in [-0.4, -0.2) is 18.0 Å². The van der Waals surface area contributed by atoms with Gasteiger partial charge < -0.3 is 15.4 Å². The van der Waals surface area contributed by atoms with Gasteiger partial charge in [-0.25, -0.2) is 18.2 Å². The molecule has 2 N–H and O–H groups in total. The Labute approximate surface area is 152 Å². The lowest BCUT2D eigenvalue weighted by molar-refractivity contribution is 0.102. The highest BCUT2D eigenvalue weighted by Crippen LogP contribution is 2.21. The minimum absolute atomic E-state index is 0.264. The molecule has 1 heterocycles. The normalized spacial score (nSPS) is 10.4. The number of hydrogen-bond donors (Lipinski definition) is 2. The van der Waals surface area contributed by atoms with Crippen molar-refractivity contribution in [3.05, 3.63) is 77.7 Å². The van der Waals surface area contributed by atoms with Crippen molar-refractivity contribution >= 4 is 23.1 Å². The highest BCUT2D eigenvalue weighted by molar-refractivity contribution is 6.04. The molecule has 0 radical (unpaired) electrons. The third-order valence-electron chi connectivity index (χ3n) is 3.64. The lowest BCUT2D eigenvalue weighted by atomic mass is 10.2. The molecular weight excluding hydrogens is 359 g/mol. The zero-order valence-corrected chi connectivity index (χ0v) is 14.1. The number of carbonyl (C=O) groups excluding carboxylic acids is 1. The van der Waals surface area contributed by atoms with Gasteiger partial charge in [0.25, 0.3) is 5.91 Å². The van der Waals surface area contributed by atoms with Crippen molar-refractivity contribution < 1.29 is 22.7 Å². The molecule has 1 aromatic heterocycles. The van der Waals surface area contributed by atoms with Gasteiger partial charge in [0.15, 0.2) is 17.5 Å². The van der Waals surface area contributed by atoms with E-state index < -0.39 is 28.9 Å². The zero-order chi connectivity index (χ0) is 19.4. The minimum Gasteiger partial charge on any atom is -0.497 e. The van der Waals surface area contributed by atoms with Crippen LogP contribution in [0.4, 0.5) is 30.4 Å². The number of benzene rings is 2. The molecular formula is C19H14F3N3O2. The molecule has 0 saturated heterocycles. The summed E-state index contributed by atoms with van der Waals surface area (Å²) in [5, 5.41) is 5.44. The van der Waals surface area contributed by atoms with E-state index in [2.05, 4.69) is 15.6 Å². The second-order valence-electron chi connectivity index (χ2n) is 5.47. The molecule has 0 spiro atoms. The summed E-state index contributed by atoms with van der Waals surface area (Å²) in [6.07, 6.45) is 1.35. The van der Waals surface area contributed by atoms with Crippen LogP contribution in [0, 0.1) is 17.5 Å². The number of rotatable bonds is 5. The molecule has 0 aliphatic heterocycles. The van der Waals surface area contributed by atoms with E-state index in [0.29, 0.717) is 17.6 Å². The Bertz CT molecular complexity index is 978.